The highest BCUT2D eigenvalue weighted by Gasteiger charge is 2.32. The molecule has 0 aliphatic heterocycles. The zero-order valence-corrected chi connectivity index (χ0v) is 8.27. The fourth-order valence-electron chi connectivity index (χ4n) is 1.13. The lowest BCUT2D eigenvalue weighted by Gasteiger charge is -2.11. The maximum atomic E-state index is 13.3. The summed E-state index contributed by atoms with van der Waals surface area (Å²) in [6.07, 6.45) is -4.62. The summed E-state index contributed by atoms with van der Waals surface area (Å²) in [5.74, 6) is -1.65. The second-order valence-electron chi connectivity index (χ2n) is 2.93. The summed E-state index contributed by atoms with van der Waals surface area (Å²) in [5, 5.41) is 0. The van der Waals surface area contributed by atoms with Crippen molar-refractivity contribution in [2.24, 2.45) is 0 Å². The zero-order chi connectivity index (χ0) is 12.3. The Morgan fingerprint density at radius 3 is 2.44 bits per heavy atom. The molecule has 0 N–H and O–H groups in total. The first-order valence-electron chi connectivity index (χ1n) is 4.38. The maximum absolute atomic E-state index is 13.3. The number of alkyl halides is 3. The van der Waals surface area contributed by atoms with Gasteiger partial charge in [-0.1, -0.05) is 0 Å². The fourth-order valence-corrected chi connectivity index (χ4v) is 1.13. The topological polar surface area (TPSA) is 26.3 Å². The summed E-state index contributed by atoms with van der Waals surface area (Å²) in [4.78, 5) is 10.4. The lowest BCUT2D eigenvalue weighted by molar-refractivity contribution is -0.137. The van der Waals surface area contributed by atoms with Crippen molar-refractivity contribution in [1.82, 2.24) is 0 Å². The van der Waals surface area contributed by atoms with Crippen molar-refractivity contribution in [3.8, 4) is 5.75 Å². The van der Waals surface area contributed by atoms with Gasteiger partial charge in [-0.3, -0.25) is 4.79 Å². The molecule has 6 heteroatoms. The van der Waals surface area contributed by atoms with Crippen LogP contribution in [0.3, 0.4) is 0 Å². The minimum absolute atomic E-state index is 0.0104. The zero-order valence-electron chi connectivity index (χ0n) is 8.27. The van der Waals surface area contributed by atoms with Crippen LogP contribution in [0.5, 0.6) is 5.75 Å². The number of benzene rings is 1. The van der Waals surface area contributed by atoms with Crippen molar-refractivity contribution in [3.05, 3.63) is 29.1 Å². The van der Waals surface area contributed by atoms with Crippen LogP contribution < -0.4 is 4.74 Å². The number of ether oxygens (including phenoxy) is 1. The number of aldehydes is 1. The van der Waals surface area contributed by atoms with E-state index >= 15 is 0 Å². The molecule has 0 aliphatic carbocycles. The molecule has 0 fully saturated rings. The van der Waals surface area contributed by atoms with Gasteiger partial charge < -0.3 is 4.74 Å². The van der Waals surface area contributed by atoms with Gasteiger partial charge in [-0.25, -0.2) is 4.39 Å². The van der Waals surface area contributed by atoms with Gasteiger partial charge in [0.25, 0.3) is 0 Å². The summed E-state index contributed by atoms with van der Waals surface area (Å²) in [5.41, 5.74) is -1.78. The summed E-state index contributed by atoms with van der Waals surface area (Å²) >= 11 is 0. The normalized spacial score (nSPS) is 11.3. The SMILES string of the molecule is CCOc1cc(C(F)(F)F)cc(C=O)c1F. The van der Waals surface area contributed by atoms with E-state index in [-0.39, 0.29) is 12.9 Å². The van der Waals surface area contributed by atoms with Gasteiger partial charge in [0.2, 0.25) is 0 Å². The Hall–Kier alpha value is -1.59. The highest BCUT2D eigenvalue weighted by molar-refractivity contribution is 5.76. The van der Waals surface area contributed by atoms with Crippen molar-refractivity contribution in [1.29, 1.82) is 0 Å². The Labute approximate surface area is 88.8 Å². The Morgan fingerprint density at radius 2 is 2.00 bits per heavy atom. The van der Waals surface area contributed by atoms with Gasteiger partial charge in [-0.05, 0) is 19.1 Å². The molecule has 0 heterocycles. The molecule has 0 radical (unpaired) electrons. The molecule has 1 aromatic carbocycles. The van der Waals surface area contributed by atoms with Crippen LogP contribution in [0.4, 0.5) is 17.6 Å². The third-order valence-corrected chi connectivity index (χ3v) is 1.82. The van der Waals surface area contributed by atoms with Crippen LogP contribution in [-0.2, 0) is 6.18 Å². The fraction of sp³-hybridized carbons (Fsp3) is 0.300. The van der Waals surface area contributed by atoms with Gasteiger partial charge in [0, 0.05) is 0 Å². The van der Waals surface area contributed by atoms with E-state index in [9.17, 15) is 22.4 Å². The molecule has 0 aliphatic rings. The first-order valence-corrected chi connectivity index (χ1v) is 4.38. The molecule has 0 amide bonds. The molecule has 88 valence electrons. The van der Waals surface area contributed by atoms with Crippen LogP contribution in [0.25, 0.3) is 0 Å². The molecule has 2 nitrogen and oxygen atoms in total. The predicted molar refractivity (Wildman–Crippen MR) is 48.0 cm³/mol. The Morgan fingerprint density at radius 1 is 1.38 bits per heavy atom. The van der Waals surface area contributed by atoms with E-state index in [0.717, 1.165) is 0 Å². The summed E-state index contributed by atoms with van der Waals surface area (Å²) in [6.45, 7) is 1.51. The van der Waals surface area contributed by atoms with Crippen LogP contribution in [-0.4, -0.2) is 12.9 Å². The van der Waals surface area contributed by atoms with Gasteiger partial charge >= 0.3 is 6.18 Å². The highest BCUT2D eigenvalue weighted by atomic mass is 19.4. The molecule has 0 unspecified atom stereocenters. The molecular weight excluding hydrogens is 228 g/mol. The minimum atomic E-state index is -4.64. The maximum Gasteiger partial charge on any atom is 0.416 e. The van der Waals surface area contributed by atoms with Crippen molar-refractivity contribution in [3.63, 3.8) is 0 Å². The molecule has 0 atom stereocenters. The van der Waals surface area contributed by atoms with Crippen molar-refractivity contribution >= 4 is 6.29 Å². The Balaban J connectivity index is 3.34. The third-order valence-electron chi connectivity index (χ3n) is 1.82. The molecule has 0 aromatic heterocycles. The van der Waals surface area contributed by atoms with Crippen molar-refractivity contribution in [2.75, 3.05) is 6.61 Å². The highest BCUT2D eigenvalue weighted by Crippen LogP contribution is 2.34. The van der Waals surface area contributed by atoms with Crippen LogP contribution in [0.15, 0.2) is 12.1 Å². The van der Waals surface area contributed by atoms with E-state index in [1.54, 1.807) is 0 Å². The van der Waals surface area contributed by atoms with Crippen molar-refractivity contribution in [2.45, 2.75) is 13.1 Å². The van der Waals surface area contributed by atoms with E-state index in [1.807, 2.05) is 0 Å². The number of hydrogen-bond donors (Lipinski definition) is 0. The third kappa shape index (κ3) is 2.50. The average Bonchev–Trinajstić information content (AvgIpc) is 2.19. The van der Waals surface area contributed by atoms with E-state index < -0.39 is 28.9 Å². The van der Waals surface area contributed by atoms with Gasteiger partial charge in [-0.2, -0.15) is 13.2 Å². The number of carbonyl (C=O) groups excluding carboxylic acids is 1. The molecule has 1 aromatic rings. The molecule has 16 heavy (non-hydrogen) atoms. The standard InChI is InChI=1S/C10H8F4O2/c1-2-16-8-4-7(10(12,13)14)3-6(5-15)9(8)11/h3-5H,2H2,1H3. The lowest BCUT2D eigenvalue weighted by atomic mass is 10.1. The van der Waals surface area contributed by atoms with E-state index in [2.05, 4.69) is 4.74 Å². The molecule has 0 bridgehead atoms. The largest absolute Gasteiger partial charge is 0.491 e. The molecule has 0 saturated heterocycles. The van der Waals surface area contributed by atoms with Crippen LogP contribution >= 0.6 is 0 Å². The molecule has 0 saturated carbocycles. The van der Waals surface area contributed by atoms with Crippen LogP contribution in [0.2, 0.25) is 0 Å². The number of rotatable bonds is 3. The van der Waals surface area contributed by atoms with E-state index in [0.29, 0.717) is 12.1 Å². The Kier molecular flexibility index (Phi) is 3.51. The van der Waals surface area contributed by atoms with E-state index in [4.69, 9.17) is 0 Å². The summed E-state index contributed by atoms with van der Waals surface area (Å²) < 4.78 is 55.1. The predicted octanol–water partition coefficient (Wildman–Crippen LogP) is 3.06. The smallest absolute Gasteiger partial charge is 0.416 e. The molecule has 0 spiro atoms. The lowest BCUT2D eigenvalue weighted by Crippen LogP contribution is -2.08. The Bertz CT molecular complexity index is 399. The number of halogens is 4. The molecule has 1 rings (SSSR count). The van der Waals surface area contributed by atoms with Crippen LogP contribution in [0, 0.1) is 5.82 Å². The summed E-state index contributed by atoms with van der Waals surface area (Å²) in [7, 11) is 0. The second-order valence-corrected chi connectivity index (χ2v) is 2.93. The quantitative estimate of drug-likeness (QED) is 0.595. The number of hydrogen-bond acceptors (Lipinski definition) is 2. The average molecular weight is 236 g/mol. The van der Waals surface area contributed by atoms with Gasteiger partial charge in [0.15, 0.2) is 17.9 Å². The first kappa shape index (κ1) is 12.5. The monoisotopic (exact) mass is 236 g/mol. The van der Waals surface area contributed by atoms with Gasteiger partial charge in [0.05, 0.1) is 17.7 Å². The van der Waals surface area contributed by atoms with Gasteiger partial charge in [-0.15, -0.1) is 0 Å². The van der Waals surface area contributed by atoms with Gasteiger partial charge in [0.1, 0.15) is 0 Å². The first-order chi connectivity index (χ1) is 7.40. The molecular formula is C10H8F4O2. The second kappa shape index (κ2) is 4.51. The summed E-state index contributed by atoms with van der Waals surface area (Å²) in [6, 6.07) is 0.983. The number of carbonyl (C=O) groups is 1. The van der Waals surface area contributed by atoms with E-state index in [1.165, 1.54) is 6.92 Å². The van der Waals surface area contributed by atoms with Crippen molar-refractivity contribution < 1.29 is 27.1 Å². The van der Waals surface area contributed by atoms with Crippen LogP contribution in [0.1, 0.15) is 22.8 Å². The minimum Gasteiger partial charge on any atom is -0.491 e.